The monoisotopic (exact) mass is 357 g/mol. The van der Waals surface area contributed by atoms with Crippen molar-refractivity contribution in [3.8, 4) is 0 Å². The summed E-state index contributed by atoms with van der Waals surface area (Å²) in [5.41, 5.74) is 3.15. The number of carbonyl (C=O) groups excluding carboxylic acids is 1. The maximum atomic E-state index is 12.0. The minimum absolute atomic E-state index is 0.207. The highest BCUT2D eigenvalue weighted by molar-refractivity contribution is 6.30. The Morgan fingerprint density at radius 3 is 2.32 bits per heavy atom. The lowest BCUT2D eigenvalue weighted by atomic mass is 9.91. The molecule has 2 amide bonds. The van der Waals surface area contributed by atoms with Gasteiger partial charge in [0.1, 0.15) is 0 Å². The van der Waals surface area contributed by atoms with Gasteiger partial charge in [-0.25, -0.2) is 4.79 Å². The van der Waals surface area contributed by atoms with Crippen LogP contribution in [-0.2, 0) is 13.0 Å². The van der Waals surface area contributed by atoms with Crippen LogP contribution in [0.15, 0.2) is 48.5 Å². The van der Waals surface area contributed by atoms with Gasteiger partial charge in [-0.05, 0) is 73.7 Å². The van der Waals surface area contributed by atoms with Crippen LogP contribution in [-0.4, -0.2) is 19.1 Å². The number of benzene rings is 2. The smallest absolute Gasteiger partial charge is 0.319 e. The van der Waals surface area contributed by atoms with Gasteiger partial charge in [0.25, 0.3) is 0 Å². The number of hydrogen-bond acceptors (Lipinski definition) is 2. The van der Waals surface area contributed by atoms with Gasteiger partial charge in [0.2, 0.25) is 0 Å². The van der Waals surface area contributed by atoms with Crippen molar-refractivity contribution < 1.29 is 4.79 Å². The largest absolute Gasteiger partial charge is 0.334 e. The van der Waals surface area contributed by atoms with E-state index in [0.717, 1.165) is 36.7 Å². The summed E-state index contributed by atoms with van der Waals surface area (Å²) in [7, 11) is 0. The summed E-state index contributed by atoms with van der Waals surface area (Å²) in [6.07, 6.45) is 3.60. The second kappa shape index (κ2) is 8.88. The Hall–Kier alpha value is -2.04. The fraction of sp³-hybridized carbons (Fsp3) is 0.350. The maximum Gasteiger partial charge on any atom is 0.319 e. The Balaban J connectivity index is 1.45. The predicted molar refractivity (Wildman–Crippen MR) is 103 cm³/mol. The van der Waals surface area contributed by atoms with Gasteiger partial charge >= 0.3 is 6.03 Å². The van der Waals surface area contributed by atoms with Crippen LogP contribution in [0.25, 0.3) is 0 Å². The number of urea groups is 1. The normalized spacial score (nSPS) is 14.9. The summed E-state index contributed by atoms with van der Waals surface area (Å²) in [4.78, 5) is 12.0. The quantitative estimate of drug-likeness (QED) is 0.751. The number of carbonyl (C=O) groups is 1. The van der Waals surface area contributed by atoms with Gasteiger partial charge < -0.3 is 16.0 Å². The summed E-state index contributed by atoms with van der Waals surface area (Å²) < 4.78 is 0. The topological polar surface area (TPSA) is 53.2 Å². The molecule has 3 rings (SSSR count). The summed E-state index contributed by atoms with van der Waals surface area (Å²) in [5, 5.41) is 9.80. The Morgan fingerprint density at radius 2 is 1.64 bits per heavy atom. The molecule has 1 heterocycles. The molecule has 0 radical (unpaired) electrons. The second-order valence-corrected chi connectivity index (χ2v) is 6.97. The van der Waals surface area contributed by atoms with E-state index >= 15 is 0 Å². The molecular weight excluding hydrogens is 334 g/mol. The molecule has 0 aliphatic carbocycles. The van der Waals surface area contributed by atoms with Crippen molar-refractivity contribution in [3.05, 3.63) is 64.7 Å². The Morgan fingerprint density at radius 1 is 1.00 bits per heavy atom. The molecule has 132 valence electrons. The van der Waals surface area contributed by atoms with Gasteiger partial charge in [0.05, 0.1) is 0 Å². The molecule has 0 aromatic heterocycles. The Labute approximate surface area is 154 Å². The van der Waals surface area contributed by atoms with Crippen LogP contribution in [0.3, 0.4) is 0 Å². The average Bonchev–Trinajstić information content (AvgIpc) is 2.64. The lowest BCUT2D eigenvalue weighted by Crippen LogP contribution is -2.28. The fourth-order valence-corrected chi connectivity index (χ4v) is 3.23. The molecule has 25 heavy (non-hydrogen) atoms. The third-order valence-corrected chi connectivity index (χ3v) is 4.81. The minimum atomic E-state index is -0.207. The molecule has 1 fully saturated rings. The van der Waals surface area contributed by atoms with E-state index in [2.05, 4.69) is 28.1 Å². The number of rotatable bonds is 5. The van der Waals surface area contributed by atoms with Crippen LogP contribution in [0.2, 0.25) is 5.02 Å². The number of anilines is 1. The number of amides is 2. The van der Waals surface area contributed by atoms with Crippen molar-refractivity contribution in [2.45, 2.75) is 25.8 Å². The van der Waals surface area contributed by atoms with Crippen molar-refractivity contribution in [1.82, 2.24) is 10.6 Å². The van der Waals surface area contributed by atoms with E-state index < -0.39 is 0 Å². The molecule has 1 saturated heterocycles. The van der Waals surface area contributed by atoms with Crippen LogP contribution in [0.1, 0.15) is 24.0 Å². The van der Waals surface area contributed by atoms with E-state index in [9.17, 15) is 4.79 Å². The van der Waals surface area contributed by atoms with Crippen molar-refractivity contribution in [3.63, 3.8) is 0 Å². The van der Waals surface area contributed by atoms with Gasteiger partial charge in [-0.3, -0.25) is 0 Å². The minimum Gasteiger partial charge on any atom is -0.334 e. The van der Waals surface area contributed by atoms with E-state index in [4.69, 9.17) is 11.6 Å². The molecule has 0 atom stereocenters. The average molecular weight is 358 g/mol. The van der Waals surface area contributed by atoms with Gasteiger partial charge in [0.15, 0.2) is 0 Å². The molecule has 5 heteroatoms. The zero-order valence-electron chi connectivity index (χ0n) is 14.2. The first-order valence-electron chi connectivity index (χ1n) is 8.78. The molecule has 0 spiro atoms. The van der Waals surface area contributed by atoms with Gasteiger partial charge in [0, 0.05) is 17.3 Å². The predicted octanol–water partition coefficient (Wildman–Crippen LogP) is 4.20. The van der Waals surface area contributed by atoms with Crippen LogP contribution in [0.4, 0.5) is 10.5 Å². The van der Waals surface area contributed by atoms with Crippen molar-refractivity contribution in [1.29, 1.82) is 0 Å². The van der Waals surface area contributed by atoms with Crippen LogP contribution < -0.4 is 16.0 Å². The second-order valence-electron chi connectivity index (χ2n) is 6.53. The van der Waals surface area contributed by atoms with E-state index in [1.54, 1.807) is 0 Å². The van der Waals surface area contributed by atoms with E-state index in [-0.39, 0.29) is 6.03 Å². The zero-order chi connectivity index (χ0) is 17.5. The molecule has 0 saturated carbocycles. The van der Waals surface area contributed by atoms with Crippen LogP contribution in [0, 0.1) is 5.92 Å². The SMILES string of the molecule is O=C(NCc1ccc(Cl)cc1)Nc1ccc(CC2CCNCC2)cc1. The van der Waals surface area contributed by atoms with Gasteiger partial charge in [-0.2, -0.15) is 0 Å². The molecule has 2 aromatic carbocycles. The summed E-state index contributed by atoms with van der Waals surface area (Å²) in [6, 6.07) is 15.4. The first-order chi connectivity index (χ1) is 12.2. The highest BCUT2D eigenvalue weighted by Crippen LogP contribution is 2.19. The van der Waals surface area contributed by atoms with Gasteiger partial charge in [-0.1, -0.05) is 35.9 Å². The lowest BCUT2D eigenvalue weighted by molar-refractivity contribution is 0.251. The maximum absolute atomic E-state index is 12.0. The van der Waals surface area contributed by atoms with Crippen molar-refractivity contribution in [2.24, 2.45) is 5.92 Å². The summed E-state index contributed by atoms with van der Waals surface area (Å²) in [6.45, 7) is 2.72. The Kier molecular flexibility index (Phi) is 6.31. The molecule has 2 aromatic rings. The highest BCUT2D eigenvalue weighted by Gasteiger charge is 2.13. The van der Waals surface area contributed by atoms with E-state index in [1.807, 2.05) is 36.4 Å². The van der Waals surface area contributed by atoms with E-state index in [0.29, 0.717) is 11.6 Å². The summed E-state index contributed by atoms with van der Waals surface area (Å²) >= 11 is 5.85. The van der Waals surface area contributed by atoms with Crippen molar-refractivity contribution >= 4 is 23.3 Å². The number of hydrogen-bond donors (Lipinski definition) is 3. The molecule has 1 aliphatic rings. The van der Waals surface area contributed by atoms with E-state index in [1.165, 1.54) is 18.4 Å². The number of piperidine rings is 1. The molecule has 3 N–H and O–H groups in total. The van der Waals surface area contributed by atoms with Crippen LogP contribution in [0.5, 0.6) is 0 Å². The fourth-order valence-electron chi connectivity index (χ4n) is 3.10. The number of nitrogens with one attached hydrogen (secondary N) is 3. The van der Waals surface area contributed by atoms with Crippen molar-refractivity contribution in [2.75, 3.05) is 18.4 Å². The number of halogens is 1. The third kappa shape index (κ3) is 5.76. The zero-order valence-corrected chi connectivity index (χ0v) is 15.0. The third-order valence-electron chi connectivity index (χ3n) is 4.56. The van der Waals surface area contributed by atoms with Gasteiger partial charge in [-0.15, -0.1) is 0 Å². The highest BCUT2D eigenvalue weighted by atomic mass is 35.5. The van der Waals surface area contributed by atoms with Crippen LogP contribution >= 0.6 is 11.6 Å². The standard InChI is InChI=1S/C20H24ClN3O/c21-18-5-1-17(2-6-18)14-23-20(25)24-19-7-3-15(4-8-19)13-16-9-11-22-12-10-16/h1-8,16,22H,9-14H2,(H2,23,24,25). The molecule has 4 nitrogen and oxygen atoms in total. The Bertz CT molecular complexity index is 679. The first-order valence-corrected chi connectivity index (χ1v) is 9.16. The summed E-state index contributed by atoms with van der Waals surface area (Å²) in [5.74, 6) is 0.766. The first kappa shape index (κ1) is 17.8. The lowest BCUT2D eigenvalue weighted by Gasteiger charge is -2.22. The molecule has 0 bridgehead atoms. The molecule has 1 aliphatic heterocycles. The molecular formula is C20H24ClN3O. The molecule has 0 unspecified atom stereocenters.